The monoisotopic (exact) mass is 428 g/mol. The molecule has 0 aliphatic rings. The number of halogens is 1. The lowest BCUT2D eigenvalue weighted by Crippen LogP contribution is -2.31. The molecule has 1 heterocycles. The summed E-state index contributed by atoms with van der Waals surface area (Å²) >= 11 is 6.20. The summed E-state index contributed by atoms with van der Waals surface area (Å²) in [6, 6.07) is 12.5. The Morgan fingerprint density at radius 2 is 1.87 bits per heavy atom. The second kappa shape index (κ2) is 9.67. The van der Waals surface area contributed by atoms with Crippen molar-refractivity contribution in [3.8, 4) is 17.2 Å². The Morgan fingerprint density at radius 3 is 2.60 bits per heavy atom. The number of amides is 1. The maximum Gasteiger partial charge on any atom is 0.258 e. The SMILES string of the molecule is COc1cc(C(C)NC(=O)COc2ccc(Cl)c3cccnc23)ccc1OC(C)C. The second-order valence-electron chi connectivity index (χ2n) is 7.10. The molecule has 0 fully saturated rings. The number of benzene rings is 2. The van der Waals surface area contributed by atoms with Gasteiger partial charge in [-0.1, -0.05) is 17.7 Å². The Balaban J connectivity index is 1.65. The van der Waals surface area contributed by atoms with Gasteiger partial charge in [-0.05, 0) is 62.7 Å². The zero-order valence-electron chi connectivity index (χ0n) is 17.4. The zero-order chi connectivity index (χ0) is 21.7. The van der Waals surface area contributed by atoms with E-state index in [0.29, 0.717) is 27.8 Å². The van der Waals surface area contributed by atoms with Gasteiger partial charge in [-0.3, -0.25) is 9.78 Å². The quantitative estimate of drug-likeness (QED) is 0.550. The summed E-state index contributed by atoms with van der Waals surface area (Å²) in [5, 5.41) is 4.30. The first-order valence-electron chi connectivity index (χ1n) is 9.69. The molecule has 2 aromatic carbocycles. The van der Waals surface area contributed by atoms with Crippen LogP contribution in [0.25, 0.3) is 10.9 Å². The molecule has 1 amide bonds. The second-order valence-corrected chi connectivity index (χ2v) is 7.51. The van der Waals surface area contributed by atoms with Gasteiger partial charge in [0.15, 0.2) is 18.1 Å². The van der Waals surface area contributed by atoms with E-state index in [1.54, 1.807) is 31.5 Å². The van der Waals surface area contributed by atoms with Crippen molar-refractivity contribution >= 4 is 28.4 Å². The van der Waals surface area contributed by atoms with Gasteiger partial charge in [0.1, 0.15) is 11.3 Å². The summed E-state index contributed by atoms with van der Waals surface area (Å²) in [6.07, 6.45) is 1.70. The molecule has 1 N–H and O–H groups in total. The lowest BCUT2D eigenvalue weighted by molar-refractivity contribution is -0.123. The van der Waals surface area contributed by atoms with Crippen LogP contribution in [0.15, 0.2) is 48.7 Å². The van der Waals surface area contributed by atoms with E-state index >= 15 is 0 Å². The first-order chi connectivity index (χ1) is 14.4. The Kier molecular flexibility index (Phi) is 7.00. The van der Waals surface area contributed by atoms with Crippen LogP contribution in [0.3, 0.4) is 0 Å². The number of nitrogens with zero attached hydrogens (tertiary/aromatic N) is 1. The van der Waals surface area contributed by atoms with E-state index in [1.807, 2.05) is 45.0 Å². The standard InChI is InChI=1S/C23H25ClN2O4/c1-14(2)30-19-9-7-16(12-21(19)28-4)15(3)26-22(27)13-29-20-10-8-18(24)17-6-5-11-25-23(17)20/h5-12,14-15H,13H2,1-4H3,(H,26,27). The van der Waals surface area contributed by atoms with E-state index in [9.17, 15) is 4.79 Å². The van der Waals surface area contributed by atoms with Gasteiger partial charge in [-0.15, -0.1) is 0 Å². The number of carbonyl (C=O) groups is 1. The van der Waals surface area contributed by atoms with Crippen LogP contribution >= 0.6 is 11.6 Å². The van der Waals surface area contributed by atoms with E-state index in [0.717, 1.165) is 10.9 Å². The molecule has 0 saturated carbocycles. The largest absolute Gasteiger partial charge is 0.493 e. The molecule has 0 bridgehead atoms. The molecule has 158 valence electrons. The molecule has 30 heavy (non-hydrogen) atoms. The zero-order valence-corrected chi connectivity index (χ0v) is 18.2. The van der Waals surface area contributed by atoms with Gasteiger partial charge in [-0.2, -0.15) is 0 Å². The van der Waals surface area contributed by atoms with Crippen LogP contribution in [0.5, 0.6) is 17.2 Å². The van der Waals surface area contributed by atoms with Crippen LogP contribution in [0.4, 0.5) is 0 Å². The fraction of sp³-hybridized carbons (Fsp3) is 0.304. The van der Waals surface area contributed by atoms with Crippen LogP contribution in [0.2, 0.25) is 5.02 Å². The minimum Gasteiger partial charge on any atom is -0.493 e. The number of fused-ring (bicyclic) bond motifs is 1. The molecule has 0 spiro atoms. The summed E-state index contributed by atoms with van der Waals surface area (Å²) in [5.41, 5.74) is 1.52. The minimum absolute atomic E-state index is 0.0393. The molecule has 1 atom stereocenters. The van der Waals surface area contributed by atoms with Crippen molar-refractivity contribution in [2.24, 2.45) is 0 Å². The van der Waals surface area contributed by atoms with Crippen molar-refractivity contribution in [3.05, 3.63) is 59.2 Å². The van der Waals surface area contributed by atoms with Crippen molar-refractivity contribution < 1.29 is 19.0 Å². The third-order valence-electron chi connectivity index (χ3n) is 4.47. The van der Waals surface area contributed by atoms with Crippen molar-refractivity contribution in [2.45, 2.75) is 32.9 Å². The summed E-state index contributed by atoms with van der Waals surface area (Å²) in [7, 11) is 1.59. The molecule has 6 nitrogen and oxygen atoms in total. The van der Waals surface area contributed by atoms with Crippen molar-refractivity contribution in [2.75, 3.05) is 13.7 Å². The maximum atomic E-state index is 12.4. The third-order valence-corrected chi connectivity index (χ3v) is 4.80. The smallest absolute Gasteiger partial charge is 0.258 e. The number of nitrogens with one attached hydrogen (secondary N) is 1. The minimum atomic E-state index is -0.247. The van der Waals surface area contributed by atoms with Crippen molar-refractivity contribution in [1.29, 1.82) is 0 Å². The average Bonchev–Trinajstić information content (AvgIpc) is 2.73. The highest BCUT2D eigenvalue weighted by Gasteiger charge is 2.15. The van der Waals surface area contributed by atoms with Crippen LogP contribution in [-0.4, -0.2) is 30.7 Å². The summed E-state index contributed by atoms with van der Waals surface area (Å²) < 4.78 is 16.9. The predicted octanol–water partition coefficient (Wildman–Crippen LogP) is 4.94. The van der Waals surface area contributed by atoms with Gasteiger partial charge in [0, 0.05) is 11.6 Å². The van der Waals surface area contributed by atoms with Crippen LogP contribution in [0, 0.1) is 0 Å². The fourth-order valence-corrected chi connectivity index (χ4v) is 3.26. The highest BCUT2D eigenvalue weighted by atomic mass is 35.5. The highest BCUT2D eigenvalue weighted by molar-refractivity contribution is 6.35. The number of pyridine rings is 1. The van der Waals surface area contributed by atoms with Crippen LogP contribution in [-0.2, 0) is 4.79 Å². The highest BCUT2D eigenvalue weighted by Crippen LogP contribution is 2.31. The Hall–Kier alpha value is -2.99. The molecule has 7 heteroatoms. The topological polar surface area (TPSA) is 69.7 Å². The number of hydrogen-bond donors (Lipinski definition) is 1. The predicted molar refractivity (Wildman–Crippen MR) is 118 cm³/mol. The fourth-order valence-electron chi connectivity index (χ4n) is 3.04. The lowest BCUT2D eigenvalue weighted by Gasteiger charge is -2.18. The van der Waals surface area contributed by atoms with Gasteiger partial charge in [-0.25, -0.2) is 0 Å². The normalized spacial score (nSPS) is 11.9. The summed E-state index contributed by atoms with van der Waals surface area (Å²) in [5.74, 6) is 1.55. The Bertz CT molecular complexity index is 1040. The van der Waals surface area contributed by atoms with Gasteiger partial charge >= 0.3 is 0 Å². The van der Waals surface area contributed by atoms with Gasteiger partial charge in [0.2, 0.25) is 0 Å². The molecule has 0 radical (unpaired) electrons. The molecule has 1 unspecified atom stereocenters. The molecular formula is C23H25ClN2O4. The van der Waals surface area contributed by atoms with E-state index in [-0.39, 0.29) is 24.7 Å². The lowest BCUT2D eigenvalue weighted by atomic mass is 10.1. The number of ether oxygens (including phenoxy) is 3. The summed E-state index contributed by atoms with van der Waals surface area (Å²) in [4.78, 5) is 16.7. The van der Waals surface area contributed by atoms with E-state index in [2.05, 4.69) is 10.3 Å². The van der Waals surface area contributed by atoms with E-state index in [1.165, 1.54) is 0 Å². The van der Waals surface area contributed by atoms with Gasteiger partial charge in [0.05, 0.1) is 24.3 Å². The van der Waals surface area contributed by atoms with Crippen LogP contribution in [0.1, 0.15) is 32.4 Å². The Morgan fingerprint density at radius 1 is 1.10 bits per heavy atom. The number of aromatic nitrogens is 1. The maximum absolute atomic E-state index is 12.4. The molecule has 0 aliphatic heterocycles. The molecule has 0 aliphatic carbocycles. The number of hydrogen-bond acceptors (Lipinski definition) is 5. The average molecular weight is 429 g/mol. The molecular weight excluding hydrogens is 404 g/mol. The first-order valence-corrected chi connectivity index (χ1v) is 10.1. The number of methoxy groups -OCH3 is 1. The van der Waals surface area contributed by atoms with Crippen molar-refractivity contribution in [1.82, 2.24) is 10.3 Å². The third kappa shape index (κ3) is 5.13. The molecule has 3 aromatic rings. The summed E-state index contributed by atoms with van der Waals surface area (Å²) in [6.45, 7) is 5.67. The number of rotatable bonds is 8. The Labute approximate surface area is 181 Å². The molecule has 1 aromatic heterocycles. The van der Waals surface area contributed by atoms with Gasteiger partial charge < -0.3 is 19.5 Å². The first kappa shape index (κ1) is 21.7. The van der Waals surface area contributed by atoms with Crippen molar-refractivity contribution in [3.63, 3.8) is 0 Å². The molecule has 3 rings (SSSR count). The van der Waals surface area contributed by atoms with Gasteiger partial charge in [0.25, 0.3) is 5.91 Å². The number of carbonyl (C=O) groups excluding carboxylic acids is 1. The molecule has 0 saturated heterocycles. The van der Waals surface area contributed by atoms with Crippen LogP contribution < -0.4 is 19.5 Å². The van der Waals surface area contributed by atoms with E-state index in [4.69, 9.17) is 25.8 Å². The van der Waals surface area contributed by atoms with E-state index < -0.39 is 0 Å².